The van der Waals surface area contributed by atoms with Gasteiger partial charge in [-0.2, -0.15) is 4.31 Å². The van der Waals surface area contributed by atoms with Crippen molar-refractivity contribution in [2.75, 3.05) is 26.2 Å². The van der Waals surface area contributed by atoms with E-state index in [0.29, 0.717) is 44.7 Å². The molecule has 0 radical (unpaired) electrons. The molecule has 0 atom stereocenters. The standard InChI is InChI=1S/C19H23N3O4S/c1-2-15-6-7-16(19(23)24)13-18(15)27(25,26)22-11-9-21(10-12-22)14-17-5-3-4-8-20-17/h3-8,13H,2,9-12,14H2,1H3,(H,23,24). The van der Waals surface area contributed by atoms with Crippen LogP contribution in [0.2, 0.25) is 0 Å². The summed E-state index contributed by atoms with van der Waals surface area (Å²) in [6, 6.07) is 10.1. The number of nitrogens with zero attached hydrogens (tertiary/aromatic N) is 3. The number of rotatable bonds is 6. The summed E-state index contributed by atoms with van der Waals surface area (Å²) in [5.74, 6) is -1.13. The molecule has 0 unspecified atom stereocenters. The van der Waals surface area contributed by atoms with E-state index in [-0.39, 0.29) is 10.5 Å². The van der Waals surface area contributed by atoms with Crippen molar-refractivity contribution in [3.8, 4) is 0 Å². The number of benzene rings is 1. The van der Waals surface area contributed by atoms with Crippen LogP contribution in [0.3, 0.4) is 0 Å². The summed E-state index contributed by atoms with van der Waals surface area (Å²) in [6.07, 6.45) is 2.27. The number of sulfonamides is 1. The van der Waals surface area contributed by atoms with Gasteiger partial charge in [0.15, 0.2) is 0 Å². The minimum Gasteiger partial charge on any atom is -0.478 e. The molecule has 0 amide bonds. The summed E-state index contributed by atoms with van der Waals surface area (Å²) in [5.41, 5.74) is 1.58. The van der Waals surface area contributed by atoms with Crippen LogP contribution in [0.1, 0.15) is 28.5 Å². The van der Waals surface area contributed by atoms with E-state index in [4.69, 9.17) is 0 Å². The van der Waals surface area contributed by atoms with Gasteiger partial charge in [0.1, 0.15) is 0 Å². The largest absolute Gasteiger partial charge is 0.478 e. The molecule has 7 nitrogen and oxygen atoms in total. The third-order valence-corrected chi connectivity index (χ3v) is 6.74. The number of pyridine rings is 1. The van der Waals surface area contributed by atoms with E-state index < -0.39 is 16.0 Å². The van der Waals surface area contributed by atoms with Gasteiger partial charge in [-0.05, 0) is 36.2 Å². The summed E-state index contributed by atoms with van der Waals surface area (Å²) in [4.78, 5) is 17.8. The van der Waals surface area contributed by atoms with Gasteiger partial charge in [-0.1, -0.05) is 19.1 Å². The zero-order valence-electron chi connectivity index (χ0n) is 15.2. The first-order valence-electron chi connectivity index (χ1n) is 8.90. The number of carboxylic acid groups (broad SMARTS) is 1. The Labute approximate surface area is 159 Å². The predicted octanol–water partition coefficient (Wildman–Crippen LogP) is 1.85. The summed E-state index contributed by atoms with van der Waals surface area (Å²) in [6.45, 7) is 4.50. The van der Waals surface area contributed by atoms with E-state index in [1.807, 2.05) is 25.1 Å². The number of hydrogen-bond donors (Lipinski definition) is 1. The third-order valence-electron chi connectivity index (χ3n) is 4.76. The second kappa shape index (κ2) is 8.16. The summed E-state index contributed by atoms with van der Waals surface area (Å²) in [5, 5.41) is 9.20. The van der Waals surface area contributed by atoms with E-state index in [1.165, 1.54) is 16.4 Å². The Morgan fingerprint density at radius 3 is 2.48 bits per heavy atom. The highest BCUT2D eigenvalue weighted by molar-refractivity contribution is 7.89. The Morgan fingerprint density at radius 1 is 1.15 bits per heavy atom. The monoisotopic (exact) mass is 389 g/mol. The molecule has 27 heavy (non-hydrogen) atoms. The molecule has 1 saturated heterocycles. The van der Waals surface area contributed by atoms with Crippen molar-refractivity contribution in [2.24, 2.45) is 0 Å². The van der Waals surface area contributed by atoms with E-state index in [0.717, 1.165) is 5.69 Å². The minimum absolute atomic E-state index is 0.0143. The van der Waals surface area contributed by atoms with Gasteiger partial charge < -0.3 is 5.11 Å². The zero-order chi connectivity index (χ0) is 19.4. The van der Waals surface area contributed by atoms with Gasteiger partial charge in [-0.3, -0.25) is 9.88 Å². The lowest BCUT2D eigenvalue weighted by Crippen LogP contribution is -2.48. The van der Waals surface area contributed by atoms with Crippen LogP contribution in [0.4, 0.5) is 0 Å². The average molecular weight is 389 g/mol. The van der Waals surface area contributed by atoms with Gasteiger partial charge in [-0.15, -0.1) is 0 Å². The molecule has 1 aromatic carbocycles. The van der Waals surface area contributed by atoms with Gasteiger partial charge >= 0.3 is 5.97 Å². The fourth-order valence-electron chi connectivity index (χ4n) is 3.21. The van der Waals surface area contributed by atoms with Crippen LogP contribution in [0, 0.1) is 0 Å². The topological polar surface area (TPSA) is 90.8 Å². The highest BCUT2D eigenvalue weighted by Gasteiger charge is 2.30. The van der Waals surface area contributed by atoms with Crippen LogP contribution in [-0.4, -0.2) is 59.9 Å². The Morgan fingerprint density at radius 2 is 1.89 bits per heavy atom. The second-order valence-electron chi connectivity index (χ2n) is 6.48. The first-order chi connectivity index (χ1) is 12.9. The van der Waals surface area contributed by atoms with Crippen molar-refractivity contribution in [2.45, 2.75) is 24.8 Å². The van der Waals surface area contributed by atoms with E-state index >= 15 is 0 Å². The van der Waals surface area contributed by atoms with Gasteiger partial charge in [0.05, 0.1) is 16.2 Å². The number of hydrogen-bond acceptors (Lipinski definition) is 5. The number of aryl methyl sites for hydroxylation is 1. The summed E-state index contributed by atoms with van der Waals surface area (Å²) >= 11 is 0. The van der Waals surface area contributed by atoms with Gasteiger partial charge in [-0.25, -0.2) is 13.2 Å². The first-order valence-corrected chi connectivity index (χ1v) is 10.3. The van der Waals surface area contributed by atoms with E-state index in [2.05, 4.69) is 9.88 Å². The Kier molecular flexibility index (Phi) is 5.88. The first kappa shape index (κ1) is 19.5. The van der Waals surface area contributed by atoms with E-state index in [9.17, 15) is 18.3 Å². The number of carbonyl (C=O) groups is 1. The van der Waals surface area contributed by atoms with Gasteiger partial charge in [0.25, 0.3) is 0 Å². The Bertz CT molecular complexity index is 908. The quantitative estimate of drug-likeness (QED) is 0.811. The van der Waals surface area contributed by atoms with Crippen molar-refractivity contribution in [1.29, 1.82) is 0 Å². The molecule has 0 aliphatic carbocycles. The number of aromatic carboxylic acids is 1. The van der Waals surface area contributed by atoms with Crippen LogP contribution in [0.5, 0.6) is 0 Å². The minimum atomic E-state index is -3.73. The van der Waals surface area contributed by atoms with E-state index in [1.54, 1.807) is 12.3 Å². The normalized spacial score (nSPS) is 16.3. The fraction of sp³-hybridized carbons (Fsp3) is 0.368. The molecular weight excluding hydrogens is 366 g/mol. The molecule has 1 N–H and O–H groups in total. The highest BCUT2D eigenvalue weighted by atomic mass is 32.2. The number of piperazine rings is 1. The van der Waals surface area contributed by atoms with Crippen molar-refractivity contribution < 1.29 is 18.3 Å². The van der Waals surface area contributed by atoms with Crippen LogP contribution in [0.15, 0.2) is 47.5 Å². The molecule has 1 aliphatic rings. The molecule has 2 heterocycles. The lowest BCUT2D eigenvalue weighted by Gasteiger charge is -2.34. The highest BCUT2D eigenvalue weighted by Crippen LogP contribution is 2.24. The van der Waals surface area contributed by atoms with Crippen molar-refractivity contribution in [1.82, 2.24) is 14.2 Å². The molecule has 0 bridgehead atoms. The van der Waals surface area contributed by atoms with Crippen molar-refractivity contribution >= 4 is 16.0 Å². The molecule has 1 aliphatic heterocycles. The molecule has 144 valence electrons. The van der Waals surface area contributed by atoms with Crippen LogP contribution in [0.25, 0.3) is 0 Å². The Hall–Kier alpha value is -2.29. The molecule has 1 aromatic heterocycles. The maximum Gasteiger partial charge on any atom is 0.335 e. The van der Waals surface area contributed by atoms with Crippen molar-refractivity contribution in [3.63, 3.8) is 0 Å². The fourth-order valence-corrected chi connectivity index (χ4v) is 4.95. The SMILES string of the molecule is CCc1ccc(C(=O)O)cc1S(=O)(=O)N1CCN(Cc2ccccn2)CC1. The van der Waals surface area contributed by atoms with Gasteiger partial charge in [0, 0.05) is 38.9 Å². The van der Waals surface area contributed by atoms with Crippen LogP contribution >= 0.6 is 0 Å². The summed E-state index contributed by atoms with van der Waals surface area (Å²) < 4.78 is 27.7. The lowest BCUT2D eigenvalue weighted by atomic mass is 10.1. The average Bonchev–Trinajstić information content (AvgIpc) is 2.68. The molecule has 8 heteroatoms. The zero-order valence-corrected chi connectivity index (χ0v) is 16.0. The Balaban J connectivity index is 1.75. The molecule has 3 rings (SSSR count). The maximum absolute atomic E-state index is 13.1. The lowest BCUT2D eigenvalue weighted by molar-refractivity contribution is 0.0696. The predicted molar refractivity (Wildman–Crippen MR) is 101 cm³/mol. The number of carboxylic acids is 1. The molecular formula is C19H23N3O4S. The molecule has 0 spiro atoms. The maximum atomic E-state index is 13.1. The third kappa shape index (κ3) is 4.35. The van der Waals surface area contributed by atoms with Gasteiger partial charge in [0.2, 0.25) is 10.0 Å². The van der Waals surface area contributed by atoms with Crippen LogP contribution < -0.4 is 0 Å². The summed E-state index contributed by atoms with van der Waals surface area (Å²) in [7, 11) is -3.73. The molecule has 2 aromatic rings. The van der Waals surface area contributed by atoms with Crippen molar-refractivity contribution in [3.05, 3.63) is 59.4 Å². The molecule has 1 fully saturated rings. The smallest absolute Gasteiger partial charge is 0.335 e. The van der Waals surface area contributed by atoms with Crippen LogP contribution in [-0.2, 0) is 23.0 Å². The number of aromatic nitrogens is 1. The molecule has 0 saturated carbocycles. The second-order valence-corrected chi connectivity index (χ2v) is 8.39.